The van der Waals surface area contributed by atoms with Gasteiger partial charge in [0.25, 0.3) is 5.91 Å². The van der Waals surface area contributed by atoms with Crippen molar-refractivity contribution in [2.75, 3.05) is 4.90 Å². The van der Waals surface area contributed by atoms with E-state index in [-0.39, 0.29) is 18.0 Å². The van der Waals surface area contributed by atoms with E-state index >= 15 is 0 Å². The Morgan fingerprint density at radius 2 is 1.95 bits per heavy atom. The van der Waals surface area contributed by atoms with E-state index < -0.39 is 17.5 Å². The highest BCUT2D eigenvalue weighted by Gasteiger charge is 2.31. The van der Waals surface area contributed by atoms with Crippen molar-refractivity contribution in [1.29, 1.82) is 0 Å². The van der Waals surface area contributed by atoms with Gasteiger partial charge in [-0.1, -0.05) is 6.07 Å². The molecule has 1 amide bonds. The van der Waals surface area contributed by atoms with Crippen molar-refractivity contribution in [3.05, 3.63) is 59.2 Å². The first-order valence-electron chi connectivity index (χ1n) is 5.65. The molecule has 0 aromatic heterocycles. The molecule has 0 unspecified atom stereocenters. The first-order valence-corrected chi connectivity index (χ1v) is 5.65. The molecule has 1 aliphatic rings. The van der Waals surface area contributed by atoms with Crippen molar-refractivity contribution in [3.8, 4) is 5.75 Å². The van der Waals surface area contributed by atoms with Gasteiger partial charge in [0.15, 0.2) is 0 Å². The Morgan fingerprint density at radius 3 is 2.63 bits per heavy atom. The molecular formula is C14H9F2NO2. The molecule has 5 heteroatoms. The third kappa shape index (κ3) is 1.74. The van der Waals surface area contributed by atoms with Gasteiger partial charge in [0, 0.05) is 17.2 Å². The van der Waals surface area contributed by atoms with Gasteiger partial charge in [-0.05, 0) is 24.3 Å². The SMILES string of the molecule is O=C1c2cccc(O)c2CN1c1ccc(F)cc1F. The molecular weight excluding hydrogens is 252 g/mol. The van der Waals surface area contributed by atoms with E-state index in [0.717, 1.165) is 12.1 Å². The predicted octanol–water partition coefficient (Wildman–Crippen LogP) is 2.83. The molecule has 0 aliphatic carbocycles. The lowest BCUT2D eigenvalue weighted by Gasteiger charge is -2.16. The van der Waals surface area contributed by atoms with Crippen molar-refractivity contribution in [2.24, 2.45) is 0 Å². The molecule has 2 aromatic carbocycles. The largest absolute Gasteiger partial charge is 0.508 e. The molecule has 19 heavy (non-hydrogen) atoms. The van der Waals surface area contributed by atoms with Crippen LogP contribution in [-0.2, 0) is 6.54 Å². The average molecular weight is 261 g/mol. The second kappa shape index (κ2) is 4.05. The molecule has 0 saturated carbocycles. The lowest BCUT2D eigenvalue weighted by atomic mass is 10.1. The minimum Gasteiger partial charge on any atom is -0.508 e. The fourth-order valence-corrected chi connectivity index (χ4v) is 2.21. The number of aromatic hydroxyl groups is 1. The third-order valence-electron chi connectivity index (χ3n) is 3.14. The summed E-state index contributed by atoms with van der Waals surface area (Å²) in [5.41, 5.74) is 0.793. The molecule has 0 bridgehead atoms. The van der Waals surface area contributed by atoms with Gasteiger partial charge in [-0.15, -0.1) is 0 Å². The number of hydrogen-bond donors (Lipinski definition) is 1. The first kappa shape index (κ1) is 11.6. The van der Waals surface area contributed by atoms with Crippen molar-refractivity contribution >= 4 is 11.6 Å². The summed E-state index contributed by atoms with van der Waals surface area (Å²) in [6, 6.07) is 7.62. The van der Waals surface area contributed by atoms with E-state index in [0.29, 0.717) is 11.1 Å². The van der Waals surface area contributed by atoms with Crippen molar-refractivity contribution in [3.63, 3.8) is 0 Å². The zero-order valence-corrected chi connectivity index (χ0v) is 9.73. The van der Waals surface area contributed by atoms with E-state index in [4.69, 9.17) is 0 Å². The highest BCUT2D eigenvalue weighted by Crippen LogP contribution is 2.34. The Hall–Kier alpha value is -2.43. The van der Waals surface area contributed by atoms with Gasteiger partial charge >= 0.3 is 0 Å². The number of anilines is 1. The number of phenols is 1. The van der Waals surface area contributed by atoms with Crippen LogP contribution in [0.3, 0.4) is 0 Å². The second-order valence-corrected chi connectivity index (χ2v) is 4.29. The Bertz CT molecular complexity index is 685. The van der Waals surface area contributed by atoms with Gasteiger partial charge in [-0.25, -0.2) is 8.78 Å². The topological polar surface area (TPSA) is 40.5 Å². The fraction of sp³-hybridized carbons (Fsp3) is 0.0714. The molecule has 0 saturated heterocycles. The van der Waals surface area contributed by atoms with Crippen LogP contribution >= 0.6 is 0 Å². The van der Waals surface area contributed by atoms with Crippen LogP contribution in [0.25, 0.3) is 0 Å². The summed E-state index contributed by atoms with van der Waals surface area (Å²) in [6.07, 6.45) is 0. The maximum absolute atomic E-state index is 13.7. The molecule has 1 aliphatic heterocycles. The molecule has 2 aromatic rings. The molecule has 1 heterocycles. The molecule has 0 fully saturated rings. The summed E-state index contributed by atoms with van der Waals surface area (Å²) in [7, 11) is 0. The fourth-order valence-electron chi connectivity index (χ4n) is 2.21. The van der Waals surface area contributed by atoms with Crippen LogP contribution in [0.5, 0.6) is 5.75 Å². The van der Waals surface area contributed by atoms with Crippen LogP contribution in [0.1, 0.15) is 15.9 Å². The smallest absolute Gasteiger partial charge is 0.259 e. The summed E-state index contributed by atoms with van der Waals surface area (Å²) in [5, 5.41) is 9.69. The molecule has 3 nitrogen and oxygen atoms in total. The number of benzene rings is 2. The minimum atomic E-state index is -0.805. The van der Waals surface area contributed by atoms with E-state index in [2.05, 4.69) is 0 Å². The summed E-state index contributed by atoms with van der Waals surface area (Å²) < 4.78 is 26.6. The van der Waals surface area contributed by atoms with Crippen LogP contribution in [0.2, 0.25) is 0 Å². The number of fused-ring (bicyclic) bond motifs is 1. The number of halogens is 2. The van der Waals surface area contributed by atoms with Gasteiger partial charge in [0.2, 0.25) is 0 Å². The van der Waals surface area contributed by atoms with E-state index in [1.807, 2.05) is 0 Å². The van der Waals surface area contributed by atoms with Gasteiger partial charge in [0.05, 0.1) is 12.2 Å². The molecule has 1 N–H and O–H groups in total. The van der Waals surface area contributed by atoms with Gasteiger partial charge in [-0.3, -0.25) is 4.79 Å². The van der Waals surface area contributed by atoms with E-state index in [1.165, 1.54) is 17.0 Å². The average Bonchev–Trinajstić information content (AvgIpc) is 2.69. The monoisotopic (exact) mass is 261 g/mol. The number of phenolic OH excluding ortho intramolecular Hbond substituents is 1. The number of rotatable bonds is 1. The minimum absolute atomic E-state index is 0.00185. The first-order chi connectivity index (χ1) is 9.08. The quantitative estimate of drug-likeness (QED) is 0.857. The van der Waals surface area contributed by atoms with Crippen molar-refractivity contribution in [1.82, 2.24) is 0 Å². The number of carbonyl (C=O) groups is 1. The Kier molecular flexibility index (Phi) is 2.48. The molecule has 0 radical (unpaired) electrons. The summed E-state index contributed by atoms with van der Waals surface area (Å²) in [5.74, 6) is -1.92. The molecule has 0 atom stereocenters. The summed E-state index contributed by atoms with van der Waals surface area (Å²) >= 11 is 0. The lowest BCUT2D eigenvalue weighted by Crippen LogP contribution is -2.24. The summed E-state index contributed by atoms with van der Waals surface area (Å²) in [4.78, 5) is 13.3. The van der Waals surface area contributed by atoms with Gasteiger partial charge in [-0.2, -0.15) is 0 Å². The maximum atomic E-state index is 13.7. The van der Waals surface area contributed by atoms with E-state index in [9.17, 15) is 18.7 Å². The third-order valence-corrected chi connectivity index (χ3v) is 3.14. The van der Waals surface area contributed by atoms with Crippen LogP contribution in [0.15, 0.2) is 36.4 Å². The lowest BCUT2D eigenvalue weighted by molar-refractivity contribution is 0.0995. The summed E-state index contributed by atoms with van der Waals surface area (Å²) in [6.45, 7) is 0.0728. The normalized spacial score (nSPS) is 13.8. The number of amides is 1. The highest BCUT2D eigenvalue weighted by atomic mass is 19.1. The Balaban J connectivity index is 2.06. The number of carbonyl (C=O) groups excluding carboxylic acids is 1. The van der Waals surface area contributed by atoms with Gasteiger partial charge in [0.1, 0.15) is 17.4 Å². The van der Waals surface area contributed by atoms with Gasteiger partial charge < -0.3 is 10.0 Å². The van der Waals surface area contributed by atoms with Crippen LogP contribution in [0, 0.1) is 11.6 Å². The molecule has 3 rings (SSSR count). The van der Waals surface area contributed by atoms with E-state index in [1.54, 1.807) is 12.1 Å². The van der Waals surface area contributed by atoms with Crippen molar-refractivity contribution in [2.45, 2.75) is 6.54 Å². The zero-order valence-electron chi connectivity index (χ0n) is 9.73. The zero-order chi connectivity index (χ0) is 13.6. The standard InChI is InChI=1S/C14H9F2NO2/c15-8-4-5-12(11(16)6-8)17-7-10-9(14(17)19)2-1-3-13(10)18/h1-6,18H,7H2. The predicted molar refractivity (Wildman–Crippen MR) is 65.0 cm³/mol. The molecule has 96 valence electrons. The Morgan fingerprint density at radius 1 is 1.16 bits per heavy atom. The maximum Gasteiger partial charge on any atom is 0.259 e. The molecule has 0 spiro atoms. The Labute approximate surface area is 107 Å². The number of hydrogen-bond acceptors (Lipinski definition) is 2. The van der Waals surface area contributed by atoms with Crippen molar-refractivity contribution < 1.29 is 18.7 Å². The van der Waals surface area contributed by atoms with Crippen LogP contribution in [0.4, 0.5) is 14.5 Å². The van der Waals surface area contributed by atoms with Crippen LogP contribution < -0.4 is 4.90 Å². The highest BCUT2D eigenvalue weighted by molar-refractivity contribution is 6.10. The second-order valence-electron chi connectivity index (χ2n) is 4.29. The van der Waals surface area contributed by atoms with Crippen LogP contribution in [-0.4, -0.2) is 11.0 Å². The number of nitrogens with zero attached hydrogens (tertiary/aromatic N) is 1.